The van der Waals surface area contributed by atoms with Crippen LogP contribution in [0.4, 0.5) is 0 Å². The minimum Gasteiger partial charge on any atom is -0.497 e. The van der Waals surface area contributed by atoms with Crippen molar-refractivity contribution in [3.8, 4) is 5.75 Å². The third kappa shape index (κ3) is 4.02. The number of methoxy groups -OCH3 is 1. The molecule has 0 aromatic heterocycles. The summed E-state index contributed by atoms with van der Waals surface area (Å²) in [5.74, 6) is 0.517. The Labute approximate surface area is 103 Å². The lowest BCUT2D eigenvalue weighted by Crippen LogP contribution is -2.29. The summed E-state index contributed by atoms with van der Waals surface area (Å²) in [5.41, 5.74) is 5.77. The number of hydrogen-bond acceptors (Lipinski definition) is 4. The Bertz CT molecular complexity index is 457. The highest BCUT2D eigenvalue weighted by Gasteiger charge is 2.18. The van der Waals surface area contributed by atoms with Gasteiger partial charge in [-0.3, -0.25) is 0 Å². The van der Waals surface area contributed by atoms with Crippen molar-refractivity contribution in [2.75, 3.05) is 12.9 Å². The first-order valence-electron chi connectivity index (χ1n) is 5.62. The van der Waals surface area contributed by atoms with Crippen molar-refractivity contribution < 1.29 is 13.2 Å². The van der Waals surface area contributed by atoms with Crippen LogP contribution < -0.4 is 10.5 Å². The fraction of sp³-hybridized carbons (Fsp3) is 0.500. The third-order valence-corrected chi connectivity index (χ3v) is 4.33. The molecule has 4 nitrogen and oxygen atoms in total. The Balaban J connectivity index is 2.89. The molecule has 0 amide bonds. The first kappa shape index (κ1) is 14.0. The minimum absolute atomic E-state index is 0.0198. The van der Waals surface area contributed by atoms with Gasteiger partial charge < -0.3 is 10.5 Å². The van der Waals surface area contributed by atoms with E-state index in [0.29, 0.717) is 12.2 Å². The largest absolute Gasteiger partial charge is 0.497 e. The van der Waals surface area contributed by atoms with Gasteiger partial charge in [0.15, 0.2) is 9.84 Å². The SMILES string of the molecule is CCCC(N)CS(=O)(=O)c1cccc(OC)c1. The van der Waals surface area contributed by atoms with Crippen LogP contribution in [0.3, 0.4) is 0 Å². The van der Waals surface area contributed by atoms with E-state index in [9.17, 15) is 8.42 Å². The highest BCUT2D eigenvalue weighted by Crippen LogP contribution is 2.19. The second kappa shape index (κ2) is 6.02. The molecule has 96 valence electrons. The van der Waals surface area contributed by atoms with Crippen LogP contribution in [-0.2, 0) is 9.84 Å². The average Bonchev–Trinajstić information content (AvgIpc) is 2.28. The van der Waals surface area contributed by atoms with Crippen LogP contribution in [-0.4, -0.2) is 27.3 Å². The zero-order chi connectivity index (χ0) is 12.9. The molecular formula is C12H19NO3S. The first-order chi connectivity index (χ1) is 7.99. The van der Waals surface area contributed by atoms with Gasteiger partial charge in [0.25, 0.3) is 0 Å². The van der Waals surface area contributed by atoms with Crippen molar-refractivity contribution >= 4 is 9.84 Å². The van der Waals surface area contributed by atoms with Crippen LogP contribution in [0.1, 0.15) is 19.8 Å². The molecule has 2 N–H and O–H groups in total. The molecule has 0 spiro atoms. The Hall–Kier alpha value is -1.07. The van der Waals surface area contributed by atoms with Gasteiger partial charge >= 0.3 is 0 Å². The van der Waals surface area contributed by atoms with Crippen molar-refractivity contribution in [1.82, 2.24) is 0 Å². The second-order valence-corrected chi connectivity index (χ2v) is 6.04. The third-order valence-electron chi connectivity index (χ3n) is 2.49. The fourth-order valence-corrected chi connectivity index (χ4v) is 3.13. The number of benzene rings is 1. The Morgan fingerprint density at radius 3 is 2.71 bits per heavy atom. The van der Waals surface area contributed by atoms with E-state index in [1.54, 1.807) is 18.2 Å². The highest BCUT2D eigenvalue weighted by atomic mass is 32.2. The molecule has 1 rings (SSSR count). The van der Waals surface area contributed by atoms with Gasteiger partial charge in [-0.05, 0) is 24.6 Å². The molecule has 1 aromatic carbocycles. The van der Waals surface area contributed by atoms with Crippen molar-refractivity contribution in [3.05, 3.63) is 24.3 Å². The highest BCUT2D eigenvalue weighted by molar-refractivity contribution is 7.91. The molecular weight excluding hydrogens is 238 g/mol. The molecule has 5 heteroatoms. The predicted molar refractivity (Wildman–Crippen MR) is 67.9 cm³/mol. The molecule has 17 heavy (non-hydrogen) atoms. The van der Waals surface area contributed by atoms with E-state index in [4.69, 9.17) is 10.5 Å². The lowest BCUT2D eigenvalue weighted by molar-refractivity contribution is 0.413. The molecule has 0 aliphatic carbocycles. The van der Waals surface area contributed by atoms with Gasteiger partial charge in [-0.2, -0.15) is 0 Å². The molecule has 0 fully saturated rings. The van der Waals surface area contributed by atoms with Gasteiger partial charge in [0.1, 0.15) is 5.75 Å². The molecule has 0 heterocycles. The number of rotatable bonds is 6. The lowest BCUT2D eigenvalue weighted by Gasteiger charge is -2.11. The Morgan fingerprint density at radius 1 is 1.41 bits per heavy atom. The molecule has 0 aliphatic heterocycles. The second-order valence-electron chi connectivity index (χ2n) is 4.01. The molecule has 0 aliphatic rings. The van der Waals surface area contributed by atoms with Crippen molar-refractivity contribution in [3.63, 3.8) is 0 Å². The molecule has 0 saturated carbocycles. The number of nitrogens with two attached hydrogens (primary N) is 1. The Kier molecular flexibility index (Phi) is 4.96. The molecule has 1 atom stereocenters. The van der Waals surface area contributed by atoms with Crippen LogP contribution in [0.25, 0.3) is 0 Å². The van der Waals surface area contributed by atoms with E-state index in [0.717, 1.165) is 6.42 Å². The van der Waals surface area contributed by atoms with Gasteiger partial charge in [0.2, 0.25) is 0 Å². The van der Waals surface area contributed by atoms with Crippen LogP contribution >= 0.6 is 0 Å². The van der Waals surface area contributed by atoms with Crippen LogP contribution in [0.15, 0.2) is 29.2 Å². The average molecular weight is 257 g/mol. The van der Waals surface area contributed by atoms with Gasteiger partial charge in [-0.15, -0.1) is 0 Å². The smallest absolute Gasteiger partial charge is 0.180 e. The summed E-state index contributed by atoms with van der Waals surface area (Å²) in [6.07, 6.45) is 1.60. The summed E-state index contributed by atoms with van der Waals surface area (Å²) in [5, 5.41) is 0. The first-order valence-corrected chi connectivity index (χ1v) is 7.27. The summed E-state index contributed by atoms with van der Waals surface area (Å²) in [7, 11) is -1.81. The van der Waals surface area contributed by atoms with Crippen molar-refractivity contribution in [2.24, 2.45) is 5.73 Å². The maximum absolute atomic E-state index is 12.1. The minimum atomic E-state index is -3.32. The van der Waals surface area contributed by atoms with E-state index in [2.05, 4.69) is 0 Å². The van der Waals surface area contributed by atoms with Crippen molar-refractivity contribution in [2.45, 2.75) is 30.7 Å². The number of hydrogen-bond donors (Lipinski definition) is 1. The summed E-state index contributed by atoms with van der Waals surface area (Å²) >= 11 is 0. The van der Waals surface area contributed by atoms with Gasteiger partial charge in [0, 0.05) is 6.04 Å². The number of sulfone groups is 1. The van der Waals surface area contributed by atoms with Crippen LogP contribution in [0, 0.1) is 0 Å². The maximum Gasteiger partial charge on any atom is 0.180 e. The monoisotopic (exact) mass is 257 g/mol. The van der Waals surface area contributed by atoms with E-state index in [1.807, 2.05) is 6.92 Å². The van der Waals surface area contributed by atoms with E-state index < -0.39 is 9.84 Å². The maximum atomic E-state index is 12.1. The van der Waals surface area contributed by atoms with E-state index in [-0.39, 0.29) is 16.7 Å². The van der Waals surface area contributed by atoms with Crippen LogP contribution in [0.2, 0.25) is 0 Å². The summed E-state index contributed by atoms with van der Waals surface area (Å²) in [6, 6.07) is 6.16. The molecule has 0 radical (unpaired) electrons. The molecule has 0 saturated heterocycles. The summed E-state index contributed by atoms with van der Waals surface area (Å²) in [6.45, 7) is 1.98. The zero-order valence-electron chi connectivity index (χ0n) is 10.2. The normalized spacial score (nSPS) is 13.4. The zero-order valence-corrected chi connectivity index (χ0v) is 11.0. The lowest BCUT2D eigenvalue weighted by atomic mass is 10.2. The molecule has 0 bridgehead atoms. The van der Waals surface area contributed by atoms with E-state index >= 15 is 0 Å². The summed E-state index contributed by atoms with van der Waals surface area (Å²) < 4.78 is 29.1. The number of ether oxygens (including phenoxy) is 1. The Morgan fingerprint density at radius 2 is 2.12 bits per heavy atom. The fourth-order valence-electron chi connectivity index (χ4n) is 1.63. The topological polar surface area (TPSA) is 69.4 Å². The van der Waals surface area contributed by atoms with Gasteiger partial charge in [-0.25, -0.2) is 8.42 Å². The summed E-state index contributed by atoms with van der Waals surface area (Å²) in [4.78, 5) is 0.267. The predicted octanol–water partition coefficient (Wildman–Crippen LogP) is 1.60. The van der Waals surface area contributed by atoms with Crippen LogP contribution in [0.5, 0.6) is 5.75 Å². The van der Waals surface area contributed by atoms with Gasteiger partial charge in [0.05, 0.1) is 17.8 Å². The van der Waals surface area contributed by atoms with Gasteiger partial charge in [-0.1, -0.05) is 19.4 Å². The standard InChI is InChI=1S/C12H19NO3S/c1-3-5-10(13)9-17(14,15)12-7-4-6-11(8-12)16-2/h4,6-8,10H,3,5,9,13H2,1-2H3. The van der Waals surface area contributed by atoms with Crippen molar-refractivity contribution in [1.29, 1.82) is 0 Å². The molecule has 1 unspecified atom stereocenters. The molecule has 1 aromatic rings. The quantitative estimate of drug-likeness (QED) is 0.840. The van der Waals surface area contributed by atoms with E-state index in [1.165, 1.54) is 13.2 Å².